The van der Waals surface area contributed by atoms with Crippen LogP contribution in [0.4, 0.5) is 8.78 Å². The van der Waals surface area contributed by atoms with E-state index >= 15 is 0 Å². The van der Waals surface area contributed by atoms with Crippen LogP contribution in [0.5, 0.6) is 0 Å². The van der Waals surface area contributed by atoms with Crippen LogP contribution < -0.4 is 10.6 Å². The van der Waals surface area contributed by atoms with Gasteiger partial charge in [-0.2, -0.15) is 0 Å². The van der Waals surface area contributed by atoms with E-state index < -0.39 is 11.6 Å². The Balaban J connectivity index is 1.89. The summed E-state index contributed by atoms with van der Waals surface area (Å²) in [7, 11) is 1.64. The number of thiophene rings is 1. The lowest BCUT2D eigenvalue weighted by atomic mass is 10.2. The minimum Gasteiger partial charge on any atom is -0.352 e. The van der Waals surface area contributed by atoms with E-state index in [4.69, 9.17) is 0 Å². The number of nitrogens with one attached hydrogen (secondary N) is 2. The monoisotopic (exact) mass is 309 g/mol. The van der Waals surface area contributed by atoms with Crippen molar-refractivity contribution >= 4 is 17.3 Å². The zero-order valence-corrected chi connectivity index (χ0v) is 12.7. The quantitative estimate of drug-likeness (QED) is 0.672. The van der Waals surface area contributed by atoms with Gasteiger partial charge in [0.2, 0.25) is 0 Å². The molecule has 2 N–H and O–H groups in total. The van der Waals surface area contributed by atoms with Gasteiger partial charge in [-0.05, 0) is 37.3 Å². The molecule has 0 aliphatic rings. The van der Waals surface area contributed by atoms with Gasteiger partial charge in [-0.1, -0.05) is 0 Å². The minimum absolute atomic E-state index is 0.173. The standard InChI is InChI=1S/C15H17F2N3S/c1-10-3-5-13(21-10)9-20-15(18-2)19-8-11-7-12(16)4-6-14(11)17/h3-7H,8-9H2,1-2H3,(H2,18,19,20). The lowest BCUT2D eigenvalue weighted by Gasteiger charge is -2.11. The van der Waals surface area contributed by atoms with Gasteiger partial charge < -0.3 is 10.6 Å². The molecule has 1 aromatic heterocycles. The van der Waals surface area contributed by atoms with Gasteiger partial charge in [-0.15, -0.1) is 11.3 Å². The number of benzene rings is 1. The maximum atomic E-state index is 13.5. The van der Waals surface area contributed by atoms with Gasteiger partial charge in [0.05, 0.1) is 6.54 Å². The molecule has 0 saturated heterocycles. The highest BCUT2D eigenvalue weighted by Gasteiger charge is 2.05. The van der Waals surface area contributed by atoms with E-state index in [0.29, 0.717) is 12.5 Å². The molecule has 0 aliphatic carbocycles. The number of aryl methyl sites for hydroxylation is 1. The summed E-state index contributed by atoms with van der Waals surface area (Å²) in [5.74, 6) is -0.344. The zero-order chi connectivity index (χ0) is 15.2. The third-order valence-corrected chi connectivity index (χ3v) is 3.90. The topological polar surface area (TPSA) is 36.4 Å². The number of nitrogens with zero attached hydrogens (tertiary/aromatic N) is 1. The van der Waals surface area contributed by atoms with E-state index in [9.17, 15) is 8.78 Å². The minimum atomic E-state index is -0.454. The summed E-state index contributed by atoms with van der Waals surface area (Å²) in [6, 6.07) is 7.51. The highest BCUT2D eigenvalue weighted by atomic mass is 32.1. The molecule has 3 nitrogen and oxygen atoms in total. The molecule has 2 rings (SSSR count). The molecular weight excluding hydrogens is 292 g/mol. The second kappa shape index (κ2) is 7.17. The summed E-state index contributed by atoms with van der Waals surface area (Å²) in [4.78, 5) is 6.49. The summed E-state index contributed by atoms with van der Waals surface area (Å²) >= 11 is 1.70. The first kappa shape index (κ1) is 15.4. The van der Waals surface area contributed by atoms with Gasteiger partial charge in [-0.25, -0.2) is 8.78 Å². The molecule has 1 aromatic carbocycles. The van der Waals surface area contributed by atoms with Crippen molar-refractivity contribution in [3.05, 3.63) is 57.3 Å². The molecule has 21 heavy (non-hydrogen) atoms. The first-order valence-corrected chi connectivity index (χ1v) is 7.34. The van der Waals surface area contributed by atoms with E-state index in [-0.39, 0.29) is 12.1 Å². The third kappa shape index (κ3) is 4.53. The first-order valence-electron chi connectivity index (χ1n) is 6.52. The second-order valence-electron chi connectivity index (χ2n) is 4.53. The number of guanidine groups is 1. The largest absolute Gasteiger partial charge is 0.352 e. The van der Waals surface area contributed by atoms with Crippen LogP contribution in [0, 0.1) is 18.6 Å². The molecule has 6 heteroatoms. The Hall–Kier alpha value is -1.95. The fraction of sp³-hybridized carbons (Fsp3) is 0.267. The number of hydrogen-bond donors (Lipinski definition) is 2. The molecule has 0 amide bonds. The van der Waals surface area contributed by atoms with E-state index in [2.05, 4.69) is 21.7 Å². The molecule has 0 spiro atoms. The fourth-order valence-corrected chi connectivity index (χ4v) is 2.66. The van der Waals surface area contributed by atoms with Crippen LogP contribution >= 0.6 is 11.3 Å². The van der Waals surface area contributed by atoms with Gasteiger partial charge in [0.15, 0.2) is 5.96 Å². The fourth-order valence-electron chi connectivity index (χ4n) is 1.83. The smallest absolute Gasteiger partial charge is 0.191 e. The maximum Gasteiger partial charge on any atom is 0.191 e. The van der Waals surface area contributed by atoms with Crippen LogP contribution in [-0.4, -0.2) is 13.0 Å². The highest BCUT2D eigenvalue weighted by molar-refractivity contribution is 7.11. The molecule has 0 atom stereocenters. The van der Waals surface area contributed by atoms with Crippen molar-refractivity contribution in [2.24, 2.45) is 4.99 Å². The predicted molar refractivity (Wildman–Crippen MR) is 82.5 cm³/mol. The van der Waals surface area contributed by atoms with E-state index in [1.807, 2.05) is 13.0 Å². The summed E-state index contributed by atoms with van der Waals surface area (Å²) < 4.78 is 26.6. The number of aliphatic imine (C=N–C) groups is 1. The Morgan fingerprint density at radius 1 is 1.14 bits per heavy atom. The SMILES string of the molecule is CN=C(NCc1ccc(C)s1)NCc1cc(F)ccc1F. The van der Waals surface area contributed by atoms with E-state index in [1.54, 1.807) is 18.4 Å². The Morgan fingerprint density at radius 2 is 1.90 bits per heavy atom. The molecule has 0 unspecified atom stereocenters. The van der Waals surface area contributed by atoms with Crippen LogP contribution in [0.3, 0.4) is 0 Å². The van der Waals surface area contributed by atoms with Crippen LogP contribution in [0.1, 0.15) is 15.3 Å². The average Bonchev–Trinajstić information content (AvgIpc) is 2.88. The van der Waals surface area contributed by atoms with Crippen molar-refractivity contribution in [3.8, 4) is 0 Å². The van der Waals surface area contributed by atoms with E-state index in [1.165, 1.54) is 15.8 Å². The highest BCUT2D eigenvalue weighted by Crippen LogP contribution is 2.14. The summed E-state index contributed by atoms with van der Waals surface area (Å²) in [5, 5.41) is 6.10. The molecule has 112 valence electrons. The van der Waals surface area contributed by atoms with Gasteiger partial charge in [-0.3, -0.25) is 4.99 Å². The van der Waals surface area contributed by atoms with Crippen LogP contribution in [0.15, 0.2) is 35.3 Å². The molecular formula is C15H17F2N3S. The molecule has 1 heterocycles. The van der Waals surface area contributed by atoms with Crippen molar-refractivity contribution in [1.29, 1.82) is 0 Å². The van der Waals surface area contributed by atoms with Crippen molar-refractivity contribution in [2.45, 2.75) is 20.0 Å². The van der Waals surface area contributed by atoms with Crippen LogP contribution in [0.2, 0.25) is 0 Å². The summed E-state index contributed by atoms with van der Waals surface area (Å²) in [5.41, 5.74) is 0.268. The summed E-state index contributed by atoms with van der Waals surface area (Å²) in [6.45, 7) is 2.87. The zero-order valence-electron chi connectivity index (χ0n) is 11.9. The maximum absolute atomic E-state index is 13.5. The van der Waals surface area contributed by atoms with Crippen molar-refractivity contribution in [2.75, 3.05) is 7.05 Å². The lowest BCUT2D eigenvalue weighted by molar-refractivity contribution is 0.581. The Labute approximate surface area is 126 Å². The van der Waals surface area contributed by atoms with Crippen molar-refractivity contribution < 1.29 is 8.78 Å². The third-order valence-electron chi connectivity index (χ3n) is 2.90. The van der Waals surface area contributed by atoms with E-state index in [0.717, 1.165) is 12.1 Å². The Kier molecular flexibility index (Phi) is 5.27. The van der Waals surface area contributed by atoms with Gasteiger partial charge >= 0.3 is 0 Å². The molecule has 0 saturated carbocycles. The average molecular weight is 309 g/mol. The molecule has 0 fully saturated rings. The molecule has 0 aliphatic heterocycles. The Bertz CT molecular complexity index is 638. The van der Waals surface area contributed by atoms with Gasteiger partial charge in [0, 0.05) is 28.9 Å². The van der Waals surface area contributed by atoms with Gasteiger partial charge in [0.1, 0.15) is 11.6 Å². The normalized spacial score (nSPS) is 11.5. The predicted octanol–water partition coefficient (Wildman–Crippen LogP) is 3.20. The van der Waals surface area contributed by atoms with Crippen LogP contribution in [0.25, 0.3) is 0 Å². The molecule has 2 aromatic rings. The first-order chi connectivity index (χ1) is 10.1. The molecule has 0 bridgehead atoms. The number of rotatable bonds is 4. The number of halogens is 2. The molecule has 0 radical (unpaired) electrons. The lowest BCUT2D eigenvalue weighted by Crippen LogP contribution is -2.36. The Morgan fingerprint density at radius 3 is 2.57 bits per heavy atom. The number of hydrogen-bond acceptors (Lipinski definition) is 2. The summed E-state index contributed by atoms with van der Waals surface area (Å²) in [6.07, 6.45) is 0. The van der Waals surface area contributed by atoms with Gasteiger partial charge in [0.25, 0.3) is 0 Å². The second-order valence-corrected chi connectivity index (χ2v) is 5.90. The van der Waals surface area contributed by atoms with Crippen molar-refractivity contribution in [3.63, 3.8) is 0 Å². The van der Waals surface area contributed by atoms with Crippen LogP contribution in [-0.2, 0) is 13.1 Å². The van der Waals surface area contributed by atoms with Crippen molar-refractivity contribution in [1.82, 2.24) is 10.6 Å².